The van der Waals surface area contributed by atoms with Crippen LogP contribution >= 0.6 is 0 Å². The molecule has 2 N–H and O–H groups in total. The van der Waals surface area contributed by atoms with Gasteiger partial charge >= 0.3 is 6.09 Å². The Morgan fingerprint density at radius 2 is 1.63 bits per heavy atom. The van der Waals surface area contributed by atoms with E-state index in [1.165, 1.54) is 0 Å². The van der Waals surface area contributed by atoms with Crippen molar-refractivity contribution < 1.29 is 19.1 Å². The van der Waals surface area contributed by atoms with Gasteiger partial charge in [0.2, 0.25) is 5.91 Å². The van der Waals surface area contributed by atoms with Crippen LogP contribution in [0.3, 0.4) is 0 Å². The van der Waals surface area contributed by atoms with E-state index in [2.05, 4.69) is 10.6 Å². The summed E-state index contributed by atoms with van der Waals surface area (Å²) < 4.78 is 5.47. The fourth-order valence-corrected chi connectivity index (χ4v) is 4.40. The molecule has 38 heavy (non-hydrogen) atoms. The fraction of sp³-hybridized carbons (Fsp3) is 0.516. The van der Waals surface area contributed by atoms with Gasteiger partial charge in [-0.05, 0) is 76.6 Å². The summed E-state index contributed by atoms with van der Waals surface area (Å²) in [6.07, 6.45) is 0.653. The Morgan fingerprint density at radius 3 is 2.18 bits per heavy atom. The molecule has 0 radical (unpaired) electrons. The summed E-state index contributed by atoms with van der Waals surface area (Å²) in [7, 11) is 0. The summed E-state index contributed by atoms with van der Waals surface area (Å²) in [5.74, 6) is -0.779. The number of ether oxygens (including phenoxy) is 1. The highest BCUT2D eigenvalue weighted by Gasteiger charge is 2.38. The van der Waals surface area contributed by atoms with E-state index in [0.29, 0.717) is 25.1 Å². The minimum Gasteiger partial charge on any atom is -0.444 e. The molecule has 3 amide bonds. The summed E-state index contributed by atoms with van der Waals surface area (Å²) >= 11 is 0. The van der Waals surface area contributed by atoms with Gasteiger partial charge in [-0.1, -0.05) is 69.2 Å². The summed E-state index contributed by atoms with van der Waals surface area (Å²) in [5, 5.41) is 5.86. The minimum atomic E-state index is -0.880. The maximum Gasteiger partial charge on any atom is 0.408 e. The molecule has 0 fully saturated rings. The number of carbonyl (C=O) groups is 3. The van der Waals surface area contributed by atoms with Gasteiger partial charge in [0, 0.05) is 12.2 Å². The van der Waals surface area contributed by atoms with Crippen molar-refractivity contribution in [2.75, 3.05) is 11.9 Å². The van der Waals surface area contributed by atoms with Crippen LogP contribution in [0, 0.1) is 26.7 Å². The SMILES string of the molecule is CCCN(C(=O)C(NC(=O)OC(C)(C)C)C(C)CC)C(C(=O)Nc1ccccc1C)c1ccc(C)cc1C. The number of hydrogen-bond donors (Lipinski definition) is 2. The van der Waals surface area contributed by atoms with Crippen molar-refractivity contribution in [1.82, 2.24) is 10.2 Å². The van der Waals surface area contributed by atoms with Crippen LogP contribution in [0.5, 0.6) is 0 Å². The van der Waals surface area contributed by atoms with Crippen LogP contribution in [0.2, 0.25) is 0 Å². The standard InChI is InChI=1S/C31H45N3O4/c1-10-18-34(29(36)26(21(4)11-2)33-30(37)38-31(7,8)9)27(24-17-16-20(3)19-23(24)6)28(35)32-25-15-13-12-14-22(25)5/h12-17,19,21,26-27H,10-11,18H2,1-9H3,(H,32,35)(H,33,37). The number of para-hydroxylation sites is 1. The van der Waals surface area contributed by atoms with Gasteiger partial charge in [-0.3, -0.25) is 9.59 Å². The van der Waals surface area contributed by atoms with E-state index < -0.39 is 23.8 Å². The molecule has 3 unspecified atom stereocenters. The number of anilines is 1. The lowest BCUT2D eigenvalue weighted by Crippen LogP contribution is -2.55. The number of amides is 3. The van der Waals surface area contributed by atoms with Gasteiger partial charge in [-0.25, -0.2) is 4.79 Å². The molecule has 0 aromatic heterocycles. The van der Waals surface area contributed by atoms with Crippen LogP contribution in [0.15, 0.2) is 42.5 Å². The molecule has 0 heterocycles. The molecule has 2 aromatic rings. The van der Waals surface area contributed by atoms with Crippen molar-refractivity contribution in [2.45, 2.75) is 92.8 Å². The van der Waals surface area contributed by atoms with Crippen LogP contribution < -0.4 is 10.6 Å². The van der Waals surface area contributed by atoms with Crippen molar-refractivity contribution in [3.63, 3.8) is 0 Å². The average molecular weight is 524 g/mol. The first kappa shape index (κ1) is 30.9. The molecule has 7 nitrogen and oxygen atoms in total. The Balaban J connectivity index is 2.57. The molecule has 7 heteroatoms. The van der Waals surface area contributed by atoms with Crippen LogP contribution in [-0.4, -0.2) is 41.0 Å². The summed E-state index contributed by atoms with van der Waals surface area (Å²) in [6, 6.07) is 11.7. The molecule has 3 atom stereocenters. The van der Waals surface area contributed by atoms with Gasteiger partial charge in [0.25, 0.3) is 5.91 Å². The second-order valence-corrected chi connectivity index (χ2v) is 11.1. The zero-order valence-corrected chi connectivity index (χ0v) is 24.5. The lowest BCUT2D eigenvalue weighted by atomic mass is 9.93. The topological polar surface area (TPSA) is 87.7 Å². The van der Waals surface area contributed by atoms with Crippen molar-refractivity contribution in [3.8, 4) is 0 Å². The number of alkyl carbamates (subject to hydrolysis) is 1. The predicted molar refractivity (Wildman–Crippen MR) is 153 cm³/mol. The third-order valence-corrected chi connectivity index (χ3v) is 6.58. The highest BCUT2D eigenvalue weighted by molar-refractivity contribution is 5.99. The molecule has 0 aliphatic carbocycles. The summed E-state index contributed by atoms with van der Waals surface area (Å²) in [5.41, 5.74) is 3.67. The van der Waals surface area contributed by atoms with Gasteiger partial charge in [0.05, 0.1) is 0 Å². The van der Waals surface area contributed by atoms with E-state index in [1.54, 1.807) is 25.7 Å². The maximum atomic E-state index is 14.2. The Kier molecular flexibility index (Phi) is 10.9. The van der Waals surface area contributed by atoms with E-state index in [4.69, 9.17) is 4.74 Å². The number of benzene rings is 2. The Morgan fingerprint density at radius 1 is 0.974 bits per heavy atom. The molecule has 2 aromatic carbocycles. The van der Waals surface area contributed by atoms with Gasteiger partial charge in [-0.15, -0.1) is 0 Å². The first-order valence-electron chi connectivity index (χ1n) is 13.5. The highest BCUT2D eigenvalue weighted by Crippen LogP contribution is 2.29. The molecular weight excluding hydrogens is 478 g/mol. The van der Waals surface area contributed by atoms with Gasteiger partial charge in [0.1, 0.15) is 17.7 Å². The summed E-state index contributed by atoms with van der Waals surface area (Å²) in [4.78, 5) is 42.6. The summed E-state index contributed by atoms with van der Waals surface area (Å²) in [6.45, 7) is 17.4. The van der Waals surface area contributed by atoms with Crippen LogP contribution in [0.25, 0.3) is 0 Å². The lowest BCUT2D eigenvalue weighted by Gasteiger charge is -2.36. The zero-order chi connectivity index (χ0) is 28.6. The monoisotopic (exact) mass is 523 g/mol. The fourth-order valence-electron chi connectivity index (χ4n) is 4.40. The number of nitrogens with one attached hydrogen (secondary N) is 2. The smallest absolute Gasteiger partial charge is 0.408 e. The van der Waals surface area contributed by atoms with Crippen molar-refractivity contribution in [1.29, 1.82) is 0 Å². The van der Waals surface area contributed by atoms with Crippen molar-refractivity contribution in [2.24, 2.45) is 5.92 Å². The molecule has 0 aliphatic heterocycles. The largest absolute Gasteiger partial charge is 0.444 e. The number of rotatable bonds is 10. The van der Waals surface area contributed by atoms with Gasteiger partial charge < -0.3 is 20.3 Å². The number of hydrogen-bond acceptors (Lipinski definition) is 4. The van der Waals surface area contributed by atoms with Crippen LogP contribution in [0.4, 0.5) is 10.5 Å². The molecule has 0 bridgehead atoms. The van der Waals surface area contributed by atoms with Crippen LogP contribution in [0.1, 0.15) is 82.7 Å². The molecular formula is C31H45N3O4. The first-order chi connectivity index (χ1) is 17.8. The maximum absolute atomic E-state index is 14.2. The number of nitrogens with zero attached hydrogens (tertiary/aromatic N) is 1. The predicted octanol–water partition coefficient (Wildman–Crippen LogP) is 6.47. The van der Waals surface area contributed by atoms with Gasteiger partial charge in [-0.2, -0.15) is 0 Å². The zero-order valence-electron chi connectivity index (χ0n) is 24.5. The van der Waals surface area contributed by atoms with E-state index in [1.807, 2.05) is 84.0 Å². The molecule has 208 valence electrons. The number of aryl methyl sites for hydroxylation is 3. The van der Waals surface area contributed by atoms with Gasteiger partial charge in [0.15, 0.2) is 0 Å². The van der Waals surface area contributed by atoms with E-state index >= 15 is 0 Å². The molecule has 0 aliphatic rings. The first-order valence-corrected chi connectivity index (χ1v) is 13.5. The third-order valence-electron chi connectivity index (χ3n) is 6.58. The minimum absolute atomic E-state index is 0.173. The molecule has 0 spiro atoms. The second-order valence-electron chi connectivity index (χ2n) is 11.1. The van der Waals surface area contributed by atoms with Crippen molar-refractivity contribution in [3.05, 3.63) is 64.7 Å². The molecule has 0 saturated carbocycles. The quantitative estimate of drug-likeness (QED) is 0.374. The molecule has 0 saturated heterocycles. The Labute approximate surface area is 228 Å². The highest BCUT2D eigenvalue weighted by atomic mass is 16.6. The van der Waals surface area contributed by atoms with E-state index in [-0.39, 0.29) is 17.7 Å². The molecule has 2 rings (SSSR count). The van der Waals surface area contributed by atoms with Crippen LogP contribution in [-0.2, 0) is 14.3 Å². The second kappa shape index (κ2) is 13.4. The average Bonchev–Trinajstić information content (AvgIpc) is 2.83. The van der Waals surface area contributed by atoms with E-state index in [0.717, 1.165) is 22.3 Å². The Bertz CT molecular complexity index is 1120. The lowest BCUT2D eigenvalue weighted by molar-refractivity contribution is -0.142. The van der Waals surface area contributed by atoms with E-state index in [9.17, 15) is 14.4 Å². The normalized spacial score (nSPS) is 13.7. The third kappa shape index (κ3) is 8.33. The van der Waals surface area contributed by atoms with Crippen molar-refractivity contribution >= 4 is 23.6 Å². The number of carbonyl (C=O) groups excluding carboxylic acids is 3. The Hall–Kier alpha value is -3.35.